The molecule has 8 heteroatoms. The van der Waals surface area contributed by atoms with E-state index in [2.05, 4.69) is 20.6 Å². The summed E-state index contributed by atoms with van der Waals surface area (Å²) >= 11 is 2.66. The summed E-state index contributed by atoms with van der Waals surface area (Å²) in [6.45, 7) is 5.92. The number of aryl methyl sites for hydroxylation is 1. The highest BCUT2D eigenvalue weighted by atomic mass is 32.1. The van der Waals surface area contributed by atoms with E-state index < -0.39 is 0 Å². The summed E-state index contributed by atoms with van der Waals surface area (Å²) in [4.78, 5) is 21.7. The number of amides is 1. The molecule has 19 heavy (non-hydrogen) atoms. The first-order valence-electron chi connectivity index (χ1n) is 5.72. The molecule has 2 heterocycles. The highest BCUT2D eigenvalue weighted by molar-refractivity contribution is 7.18. The molecule has 0 aliphatic rings. The van der Waals surface area contributed by atoms with Crippen LogP contribution >= 0.6 is 22.7 Å². The van der Waals surface area contributed by atoms with Crippen LogP contribution in [0.2, 0.25) is 0 Å². The van der Waals surface area contributed by atoms with E-state index in [0.29, 0.717) is 15.1 Å². The summed E-state index contributed by atoms with van der Waals surface area (Å²) in [6, 6.07) is 0.239. The largest absolute Gasteiger partial charge is 0.382 e. The number of hydrogen-bond acceptors (Lipinski definition) is 7. The first-order valence-corrected chi connectivity index (χ1v) is 7.35. The molecule has 4 N–H and O–H groups in total. The Morgan fingerprint density at radius 3 is 2.68 bits per heavy atom. The number of carbonyl (C=O) groups excluding carboxylic acids is 1. The first-order chi connectivity index (χ1) is 8.95. The minimum atomic E-state index is -0.277. The predicted octanol–water partition coefficient (Wildman–Crippen LogP) is 2.56. The third kappa shape index (κ3) is 3.42. The molecule has 0 fully saturated rings. The van der Waals surface area contributed by atoms with Crippen LogP contribution in [-0.4, -0.2) is 21.9 Å². The maximum Gasteiger partial charge on any atom is 0.271 e. The molecule has 0 saturated carbocycles. The van der Waals surface area contributed by atoms with Crippen LogP contribution in [0.3, 0.4) is 0 Å². The Morgan fingerprint density at radius 2 is 2.11 bits per heavy atom. The number of nitrogen functional groups attached to an aromatic ring is 1. The van der Waals surface area contributed by atoms with Crippen molar-refractivity contribution in [3.05, 3.63) is 16.0 Å². The molecule has 102 valence electrons. The third-order valence-corrected chi connectivity index (χ3v) is 3.94. The van der Waals surface area contributed by atoms with E-state index in [1.807, 2.05) is 20.8 Å². The minimum absolute atomic E-state index is 0.235. The molecule has 0 spiro atoms. The van der Waals surface area contributed by atoms with Gasteiger partial charge in [0.25, 0.3) is 5.91 Å². The van der Waals surface area contributed by atoms with Gasteiger partial charge in [0.1, 0.15) is 10.7 Å². The molecule has 2 aromatic heterocycles. The van der Waals surface area contributed by atoms with Gasteiger partial charge in [0.15, 0.2) is 10.3 Å². The molecule has 0 aliphatic heterocycles. The predicted molar refractivity (Wildman–Crippen MR) is 80.1 cm³/mol. The van der Waals surface area contributed by atoms with Crippen molar-refractivity contribution in [2.75, 3.05) is 16.4 Å². The van der Waals surface area contributed by atoms with Crippen molar-refractivity contribution < 1.29 is 4.79 Å². The summed E-state index contributed by atoms with van der Waals surface area (Å²) in [5, 5.41) is 7.05. The lowest BCUT2D eigenvalue weighted by Crippen LogP contribution is -2.11. The molecule has 2 aromatic rings. The SMILES string of the molecule is Cc1cnc(NC(=O)c2sc(NC(C)C)nc2N)s1. The molecule has 0 bridgehead atoms. The summed E-state index contributed by atoms with van der Waals surface area (Å²) in [7, 11) is 0. The fourth-order valence-electron chi connectivity index (χ4n) is 1.37. The minimum Gasteiger partial charge on any atom is -0.382 e. The van der Waals surface area contributed by atoms with Crippen LogP contribution in [-0.2, 0) is 0 Å². The van der Waals surface area contributed by atoms with Crippen LogP contribution in [0, 0.1) is 6.92 Å². The van der Waals surface area contributed by atoms with Crippen molar-refractivity contribution in [1.29, 1.82) is 0 Å². The number of rotatable bonds is 4. The van der Waals surface area contributed by atoms with E-state index in [1.165, 1.54) is 22.7 Å². The van der Waals surface area contributed by atoms with Gasteiger partial charge in [-0.2, -0.15) is 0 Å². The van der Waals surface area contributed by atoms with E-state index in [4.69, 9.17) is 5.73 Å². The van der Waals surface area contributed by atoms with Crippen LogP contribution in [0.15, 0.2) is 6.20 Å². The monoisotopic (exact) mass is 297 g/mol. The zero-order valence-electron chi connectivity index (χ0n) is 10.9. The van der Waals surface area contributed by atoms with Gasteiger partial charge in [0.2, 0.25) is 0 Å². The van der Waals surface area contributed by atoms with Gasteiger partial charge in [-0.25, -0.2) is 9.97 Å². The number of hydrogen-bond donors (Lipinski definition) is 3. The van der Waals surface area contributed by atoms with E-state index in [-0.39, 0.29) is 17.8 Å². The van der Waals surface area contributed by atoms with Crippen molar-refractivity contribution in [3.8, 4) is 0 Å². The third-order valence-electron chi connectivity index (χ3n) is 2.11. The number of nitrogens with two attached hydrogens (primary N) is 1. The van der Waals surface area contributed by atoms with Crippen molar-refractivity contribution in [1.82, 2.24) is 9.97 Å². The Bertz CT molecular complexity index is 590. The lowest BCUT2D eigenvalue weighted by Gasteiger charge is -2.03. The van der Waals surface area contributed by atoms with Crippen molar-refractivity contribution in [2.45, 2.75) is 26.8 Å². The number of nitrogens with one attached hydrogen (secondary N) is 2. The Balaban J connectivity index is 2.12. The number of nitrogens with zero attached hydrogens (tertiary/aromatic N) is 2. The summed E-state index contributed by atoms with van der Waals surface area (Å²) in [5.41, 5.74) is 5.76. The van der Waals surface area contributed by atoms with Crippen molar-refractivity contribution in [2.24, 2.45) is 0 Å². The Hall–Kier alpha value is -1.67. The second-order valence-electron chi connectivity index (χ2n) is 4.26. The number of carbonyl (C=O) groups is 1. The second-order valence-corrected chi connectivity index (χ2v) is 6.50. The molecule has 0 saturated heterocycles. The molecule has 2 rings (SSSR count). The topological polar surface area (TPSA) is 92.9 Å². The molecule has 0 aliphatic carbocycles. The van der Waals surface area contributed by atoms with Gasteiger partial charge < -0.3 is 11.1 Å². The normalized spacial score (nSPS) is 10.7. The van der Waals surface area contributed by atoms with Crippen LogP contribution in [0.1, 0.15) is 28.4 Å². The van der Waals surface area contributed by atoms with Gasteiger partial charge in [-0.05, 0) is 20.8 Å². The van der Waals surface area contributed by atoms with Crippen molar-refractivity contribution >= 4 is 44.7 Å². The number of thiazole rings is 2. The van der Waals surface area contributed by atoms with E-state index in [9.17, 15) is 4.79 Å². The van der Waals surface area contributed by atoms with Crippen molar-refractivity contribution in [3.63, 3.8) is 0 Å². The molecule has 0 aromatic carbocycles. The van der Waals surface area contributed by atoms with Crippen LogP contribution in [0.5, 0.6) is 0 Å². The molecule has 0 atom stereocenters. The zero-order valence-corrected chi connectivity index (χ0v) is 12.5. The van der Waals surface area contributed by atoms with E-state index in [0.717, 1.165) is 4.88 Å². The van der Waals surface area contributed by atoms with E-state index in [1.54, 1.807) is 6.20 Å². The second kappa shape index (κ2) is 5.54. The summed E-state index contributed by atoms with van der Waals surface area (Å²) < 4.78 is 0. The van der Waals surface area contributed by atoms with Gasteiger partial charge in [0, 0.05) is 17.1 Å². The first kappa shape index (κ1) is 13.8. The van der Waals surface area contributed by atoms with Crippen LogP contribution in [0.25, 0.3) is 0 Å². The smallest absolute Gasteiger partial charge is 0.271 e. The van der Waals surface area contributed by atoms with E-state index >= 15 is 0 Å². The Morgan fingerprint density at radius 1 is 1.37 bits per heavy atom. The Labute approximate surface area is 119 Å². The van der Waals surface area contributed by atoms with Crippen LogP contribution < -0.4 is 16.4 Å². The number of aromatic nitrogens is 2. The highest BCUT2D eigenvalue weighted by Gasteiger charge is 2.17. The summed E-state index contributed by atoms with van der Waals surface area (Å²) in [5.74, 6) is -0.0416. The summed E-state index contributed by atoms with van der Waals surface area (Å²) in [6.07, 6.45) is 1.71. The highest BCUT2D eigenvalue weighted by Crippen LogP contribution is 2.27. The Kier molecular flexibility index (Phi) is 4.01. The molecule has 1 amide bonds. The lowest BCUT2D eigenvalue weighted by molar-refractivity contribution is 0.103. The molecule has 0 unspecified atom stereocenters. The number of anilines is 3. The van der Waals surface area contributed by atoms with Gasteiger partial charge >= 0.3 is 0 Å². The van der Waals surface area contributed by atoms with Gasteiger partial charge in [-0.1, -0.05) is 11.3 Å². The quantitative estimate of drug-likeness (QED) is 0.806. The molecule has 6 nitrogen and oxygen atoms in total. The molecule has 0 radical (unpaired) electrons. The average Bonchev–Trinajstić information content (AvgIpc) is 2.84. The van der Waals surface area contributed by atoms with Crippen LogP contribution in [0.4, 0.5) is 16.1 Å². The van der Waals surface area contributed by atoms with Gasteiger partial charge in [-0.3, -0.25) is 10.1 Å². The maximum atomic E-state index is 12.1. The standard InChI is InChI=1S/C11H15N5OS2/c1-5(2)14-11-15-8(12)7(19-11)9(17)16-10-13-4-6(3)18-10/h4-5H,12H2,1-3H3,(H,14,15)(H,13,16,17). The maximum absolute atomic E-state index is 12.1. The lowest BCUT2D eigenvalue weighted by atomic mass is 10.4. The fraction of sp³-hybridized carbons (Fsp3) is 0.364. The van der Waals surface area contributed by atoms with Gasteiger partial charge in [0.05, 0.1) is 0 Å². The average molecular weight is 297 g/mol. The fourth-order valence-corrected chi connectivity index (χ4v) is 2.96. The molecular weight excluding hydrogens is 282 g/mol. The van der Waals surface area contributed by atoms with Gasteiger partial charge in [-0.15, -0.1) is 11.3 Å². The molecular formula is C11H15N5OS2. The zero-order chi connectivity index (χ0) is 14.0.